The van der Waals surface area contributed by atoms with Gasteiger partial charge < -0.3 is 5.32 Å². The van der Waals surface area contributed by atoms with E-state index in [0.29, 0.717) is 5.69 Å². The molecule has 7 nitrogen and oxygen atoms in total. The van der Waals surface area contributed by atoms with Crippen LogP contribution in [0.15, 0.2) is 89.8 Å². The number of carbonyl (C=O) groups excluding carboxylic acids is 1. The number of amides is 1. The number of nitrogens with one attached hydrogen (secondary N) is 1. The van der Waals surface area contributed by atoms with Crippen LogP contribution < -0.4 is 10.5 Å². The molecule has 0 spiro atoms. The van der Waals surface area contributed by atoms with Gasteiger partial charge in [0, 0.05) is 31.9 Å². The molecule has 3 N–H and O–H groups in total. The fourth-order valence-electron chi connectivity index (χ4n) is 4.43. The normalized spacial score (nSPS) is 16.3. The first-order valence-electron chi connectivity index (χ1n) is 11.3. The number of nitrogens with two attached hydrogens (primary N) is 1. The molecular weight excluding hydrogens is 448 g/mol. The van der Waals surface area contributed by atoms with Crippen LogP contribution in [0.25, 0.3) is 0 Å². The number of carbonyl (C=O) groups is 1. The monoisotopic (exact) mass is 478 g/mol. The summed E-state index contributed by atoms with van der Waals surface area (Å²) in [5, 5.41) is 8.02. The van der Waals surface area contributed by atoms with Gasteiger partial charge in [-0.3, -0.25) is 14.6 Å². The summed E-state index contributed by atoms with van der Waals surface area (Å²) in [6.07, 6.45) is 0. The molecule has 34 heavy (non-hydrogen) atoms. The van der Waals surface area contributed by atoms with Gasteiger partial charge in [0.25, 0.3) is 0 Å². The number of piperazine rings is 1. The van der Waals surface area contributed by atoms with Crippen molar-refractivity contribution < 1.29 is 13.2 Å². The van der Waals surface area contributed by atoms with E-state index in [1.165, 1.54) is 23.3 Å². The third-order valence-corrected chi connectivity index (χ3v) is 7.21. The summed E-state index contributed by atoms with van der Waals surface area (Å²) < 4.78 is 23.2. The van der Waals surface area contributed by atoms with Crippen molar-refractivity contribution in [3.63, 3.8) is 0 Å². The Morgan fingerprint density at radius 1 is 0.824 bits per heavy atom. The van der Waals surface area contributed by atoms with Crippen molar-refractivity contribution in [1.29, 1.82) is 0 Å². The highest BCUT2D eigenvalue weighted by Gasteiger charge is 2.30. The van der Waals surface area contributed by atoms with E-state index in [9.17, 15) is 13.2 Å². The van der Waals surface area contributed by atoms with Crippen LogP contribution in [0.5, 0.6) is 0 Å². The zero-order valence-corrected chi connectivity index (χ0v) is 20.0. The predicted molar refractivity (Wildman–Crippen MR) is 134 cm³/mol. The Bertz CT molecular complexity index is 1170. The Morgan fingerprint density at radius 2 is 1.35 bits per heavy atom. The number of nitrogens with zero attached hydrogens (tertiary/aromatic N) is 2. The average molecular weight is 479 g/mol. The molecule has 1 aliphatic rings. The molecule has 1 atom stereocenters. The standard InChI is InChI=1S/C26H30N4O3S/c1-20(26(31)28-23-13-8-14-24(19-23)34(27,32)33)29-15-17-30(18-16-29)25(21-9-4-2-5-10-21)22-11-6-3-7-12-22/h2-14,19-20,25H,15-18H2,1H3,(H,28,31)(H2,27,32,33). The molecule has 1 aliphatic heterocycles. The summed E-state index contributed by atoms with van der Waals surface area (Å²) in [7, 11) is -3.83. The van der Waals surface area contributed by atoms with Crippen molar-refractivity contribution in [2.75, 3.05) is 31.5 Å². The molecule has 3 aromatic rings. The summed E-state index contributed by atoms with van der Waals surface area (Å²) in [5.41, 5.74) is 2.92. The zero-order chi connectivity index (χ0) is 24.1. The zero-order valence-electron chi connectivity index (χ0n) is 19.2. The van der Waals surface area contributed by atoms with Crippen molar-refractivity contribution >= 4 is 21.6 Å². The smallest absolute Gasteiger partial charge is 0.241 e. The maximum Gasteiger partial charge on any atom is 0.241 e. The van der Waals surface area contributed by atoms with E-state index >= 15 is 0 Å². The van der Waals surface area contributed by atoms with Crippen LogP contribution in [0.1, 0.15) is 24.1 Å². The second-order valence-electron chi connectivity index (χ2n) is 8.53. The van der Waals surface area contributed by atoms with Crippen molar-refractivity contribution in [3.05, 3.63) is 96.1 Å². The van der Waals surface area contributed by atoms with Crippen molar-refractivity contribution in [3.8, 4) is 0 Å². The molecule has 8 heteroatoms. The predicted octanol–water partition coefficient (Wildman–Crippen LogP) is 3.07. The molecule has 178 valence electrons. The Morgan fingerprint density at radius 3 is 1.88 bits per heavy atom. The Hall–Kier alpha value is -3.04. The second kappa shape index (κ2) is 10.5. The molecule has 3 aromatic carbocycles. The second-order valence-corrected chi connectivity index (χ2v) is 10.1. The van der Waals surface area contributed by atoms with Gasteiger partial charge in [0.05, 0.1) is 17.0 Å². The summed E-state index contributed by atoms with van der Waals surface area (Å²) >= 11 is 0. The van der Waals surface area contributed by atoms with Crippen LogP contribution in [0.2, 0.25) is 0 Å². The minimum Gasteiger partial charge on any atom is -0.325 e. The maximum absolute atomic E-state index is 12.9. The number of primary sulfonamides is 1. The van der Waals surface area contributed by atoms with Gasteiger partial charge in [-0.25, -0.2) is 13.6 Å². The van der Waals surface area contributed by atoms with Crippen LogP contribution in [-0.2, 0) is 14.8 Å². The van der Waals surface area contributed by atoms with Gasteiger partial charge in [-0.1, -0.05) is 66.7 Å². The van der Waals surface area contributed by atoms with Crippen LogP contribution in [0.3, 0.4) is 0 Å². The molecule has 0 aliphatic carbocycles. The molecule has 1 unspecified atom stereocenters. The molecule has 1 saturated heterocycles. The highest BCUT2D eigenvalue weighted by Crippen LogP contribution is 2.29. The average Bonchev–Trinajstić information content (AvgIpc) is 2.85. The quantitative estimate of drug-likeness (QED) is 0.544. The van der Waals surface area contributed by atoms with Gasteiger partial charge in [0.2, 0.25) is 15.9 Å². The van der Waals surface area contributed by atoms with Crippen LogP contribution in [0, 0.1) is 0 Å². The molecule has 1 amide bonds. The lowest BCUT2D eigenvalue weighted by Gasteiger charge is -2.41. The highest BCUT2D eigenvalue weighted by molar-refractivity contribution is 7.89. The Kier molecular flexibility index (Phi) is 7.43. The third-order valence-electron chi connectivity index (χ3n) is 6.30. The van der Waals surface area contributed by atoms with E-state index in [2.05, 4.69) is 63.6 Å². The fraction of sp³-hybridized carbons (Fsp3) is 0.269. The molecule has 0 bridgehead atoms. The first-order valence-corrected chi connectivity index (χ1v) is 12.9. The largest absolute Gasteiger partial charge is 0.325 e. The van der Waals surface area contributed by atoms with E-state index in [-0.39, 0.29) is 22.9 Å². The van der Waals surface area contributed by atoms with E-state index in [1.54, 1.807) is 12.1 Å². The van der Waals surface area contributed by atoms with Gasteiger partial charge in [-0.15, -0.1) is 0 Å². The summed E-state index contributed by atoms with van der Waals surface area (Å²) in [4.78, 5) is 17.5. The van der Waals surface area contributed by atoms with Gasteiger partial charge in [0.1, 0.15) is 0 Å². The first kappa shape index (κ1) is 24.1. The lowest BCUT2D eigenvalue weighted by molar-refractivity contribution is -0.121. The van der Waals surface area contributed by atoms with Crippen molar-refractivity contribution in [2.24, 2.45) is 5.14 Å². The third kappa shape index (κ3) is 5.71. The number of hydrogen-bond donors (Lipinski definition) is 2. The molecule has 0 aromatic heterocycles. The van der Waals surface area contributed by atoms with Crippen LogP contribution in [-0.4, -0.2) is 56.3 Å². The van der Waals surface area contributed by atoms with Gasteiger partial charge in [-0.2, -0.15) is 0 Å². The van der Waals surface area contributed by atoms with Crippen molar-refractivity contribution in [1.82, 2.24) is 9.80 Å². The summed E-state index contributed by atoms with van der Waals surface area (Å²) in [6, 6.07) is 26.8. The number of sulfonamides is 1. The Balaban J connectivity index is 1.42. The number of rotatable bonds is 7. The van der Waals surface area contributed by atoms with E-state index in [1.807, 2.05) is 19.1 Å². The summed E-state index contributed by atoms with van der Waals surface area (Å²) in [6.45, 7) is 5.03. The SMILES string of the molecule is CC(C(=O)Nc1cccc(S(N)(=O)=O)c1)N1CCN(C(c2ccccc2)c2ccccc2)CC1. The molecule has 0 radical (unpaired) electrons. The lowest BCUT2D eigenvalue weighted by Crippen LogP contribution is -2.53. The summed E-state index contributed by atoms with van der Waals surface area (Å²) in [5.74, 6) is -0.178. The van der Waals surface area contributed by atoms with Gasteiger partial charge in [-0.05, 0) is 36.2 Å². The molecule has 1 fully saturated rings. The topological polar surface area (TPSA) is 95.7 Å². The minimum atomic E-state index is -3.83. The van der Waals surface area contributed by atoms with Gasteiger partial charge >= 0.3 is 0 Å². The fourth-order valence-corrected chi connectivity index (χ4v) is 4.99. The highest BCUT2D eigenvalue weighted by atomic mass is 32.2. The van der Waals surface area contributed by atoms with Crippen LogP contribution in [0.4, 0.5) is 5.69 Å². The van der Waals surface area contributed by atoms with E-state index in [0.717, 1.165) is 26.2 Å². The van der Waals surface area contributed by atoms with Gasteiger partial charge in [0.15, 0.2) is 0 Å². The molecule has 0 saturated carbocycles. The van der Waals surface area contributed by atoms with Crippen molar-refractivity contribution in [2.45, 2.75) is 23.9 Å². The first-order chi connectivity index (χ1) is 16.3. The molecule has 1 heterocycles. The number of hydrogen-bond acceptors (Lipinski definition) is 5. The Labute approximate surface area is 201 Å². The maximum atomic E-state index is 12.9. The molecular formula is C26H30N4O3S. The van der Waals surface area contributed by atoms with Crippen LogP contribution >= 0.6 is 0 Å². The minimum absolute atomic E-state index is 0.0283. The van der Waals surface area contributed by atoms with E-state index in [4.69, 9.17) is 5.14 Å². The van der Waals surface area contributed by atoms with E-state index < -0.39 is 10.0 Å². The lowest BCUT2D eigenvalue weighted by atomic mass is 9.96. The molecule has 4 rings (SSSR count). The number of anilines is 1. The number of benzene rings is 3.